The zero-order valence-corrected chi connectivity index (χ0v) is 9.26. The summed E-state index contributed by atoms with van der Waals surface area (Å²) in [6.07, 6.45) is 0.731. The molecule has 0 aliphatic carbocycles. The molecule has 1 N–H and O–H groups in total. The van der Waals surface area contributed by atoms with Crippen molar-refractivity contribution in [2.24, 2.45) is 5.92 Å². The van der Waals surface area contributed by atoms with Gasteiger partial charge in [-0.2, -0.15) is 0 Å². The smallest absolute Gasteiger partial charge is 0.306 e. The largest absolute Gasteiger partial charge is 0.481 e. The molecule has 0 radical (unpaired) electrons. The zero-order valence-electron chi connectivity index (χ0n) is 8.44. The Hall–Kier alpha value is -0.320. The summed E-state index contributed by atoms with van der Waals surface area (Å²) >= 11 is 0. The Labute approximate surface area is 90.6 Å². The zero-order chi connectivity index (χ0) is 9.68. The SMILES string of the molecule is CC(CCN1CCOCC1)C(=O)O.Cl. The Balaban J connectivity index is 0.00000169. The maximum Gasteiger partial charge on any atom is 0.306 e. The number of carbonyl (C=O) groups is 1. The minimum absolute atomic E-state index is 0. The Morgan fingerprint density at radius 2 is 2.07 bits per heavy atom. The summed E-state index contributed by atoms with van der Waals surface area (Å²) in [5.74, 6) is -0.934. The van der Waals surface area contributed by atoms with E-state index in [-0.39, 0.29) is 18.3 Å². The highest BCUT2D eigenvalue weighted by atomic mass is 35.5. The van der Waals surface area contributed by atoms with E-state index in [1.54, 1.807) is 6.92 Å². The molecule has 5 heteroatoms. The molecule has 14 heavy (non-hydrogen) atoms. The van der Waals surface area contributed by atoms with Gasteiger partial charge in [0.05, 0.1) is 19.1 Å². The highest BCUT2D eigenvalue weighted by molar-refractivity contribution is 5.85. The lowest BCUT2D eigenvalue weighted by molar-refractivity contribution is -0.141. The van der Waals surface area contributed by atoms with E-state index in [0.717, 1.165) is 39.3 Å². The van der Waals surface area contributed by atoms with E-state index in [1.807, 2.05) is 0 Å². The fourth-order valence-corrected chi connectivity index (χ4v) is 1.32. The molecule has 84 valence electrons. The highest BCUT2D eigenvalue weighted by Crippen LogP contribution is 2.05. The van der Waals surface area contributed by atoms with Crippen LogP contribution in [-0.4, -0.2) is 48.8 Å². The van der Waals surface area contributed by atoms with Crippen LogP contribution >= 0.6 is 12.4 Å². The third-order valence-corrected chi connectivity index (χ3v) is 2.40. The van der Waals surface area contributed by atoms with Gasteiger partial charge in [0.15, 0.2) is 0 Å². The van der Waals surface area contributed by atoms with E-state index in [2.05, 4.69) is 4.90 Å². The Bertz CT molecular complexity index is 171. The Morgan fingerprint density at radius 3 is 2.57 bits per heavy atom. The third-order valence-electron chi connectivity index (χ3n) is 2.40. The van der Waals surface area contributed by atoms with Crippen molar-refractivity contribution in [3.63, 3.8) is 0 Å². The van der Waals surface area contributed by atoms with E-state index < -0.39 is 5.97 Å². The predicted molar refractivity (Wildman–Crippen MR) is 55.9 cm³/mol. The average Bonchev–Trinajstić information content (AvgIpc) is 2.15. The first-order valence-corrected chi connectivity index (χ1v) is 4.73. The van der Waals surface area contributed by atoms with Crippen molar-refractivity contribution in [1.82, 2.24) is 4.90 Å². The van der Waals surface area contributed by atoms with Crippen LogP contribution in [0.2, 0.25) is 0 Å². The van der Waals surface area contributed by atoms with Crippen LogP contribution in [0.15, 0.2) is 0 Å². The number of rotatable bonds is 4. The van der Waals surface area contributed by atoms with Gasteiger partial charge in [-0.3, -0.25) is 9.69 Å². The van der Waals surface area contributed by atoms with Crippen molar-refractivity contribution in [3.05, 3.63) is 0 Å². The van der Waals surface area contributed by atoms with Gasteiger partial charge in [0, 0.05) is 13.1 Å². The molecule has 1 aliphatic heterocycles. The van der Waals surface area contributed by atoms with Gasteiger partial charge in [0.25, 0.3) is 0 Å². The van der Waals surface area contributed by atoms with E-state index in [9.17, 15) is 4.79 Å². The summed E-state index contributed by atoms with van der Waals surface area (Å²) in [6.45, 7) is 6.06. The number of aliphatic carboxylic acids is 1. The number of hydrogen-bond acceptors (Lipinski definition) is 3. The van der Waals surface area contributed by atoms with Gasteiger partial charge in [-0.05, 0) is 13.0 Å². The van der Waals surface area contributed by atoms with Gasteiger partial charge in [-0.1, -0.05) is 6.92 Å². The highest BCUT2D eigenvalue weighted by Gasteiger charge is 2.14. The lowest BCUT2D eigenvalue weighted by Gasteiger charge is -2.26. The van der Waals surface area contributed by atoms with Crippen molar-refractivity contribution in [1.29, 1.82) is 0 Å². The van der Waals surface area contributed by atoms with Crippen LogP contribution in [0.4, 0.5) is 0 Å². The molecule has 0 bridgehead atoms. The number of morpholine rings is 1. The molecule has 1 atom stereocenters. The minimum Gasteiger partial charge on any atom is -0.481 e. The maximum absolute atomic E-state index is 10.5. The van der Waals surface area contributed by atoms with Gasteiger partial charge in [0.1, 0.15) is 0 Å². The molecule has 0 amide bonds. The summed E-state index contributed by atoms with van der Waals surface area (Å²) < 4.78 is 5.20. The first-order valence-electron chi connectivity index (χ1n) is 4.73. The fourth-order valence-electron chi connectivity index (χ4n) is 1.32. The van der Waals surface area contributed by atoms with Gasteiger partial charge in [-0.15, -0.1) is 12.4 Å². The van der Waals surface area contributed by atoms with Crippen molar-refractivity contribution in [3.8, 4) is 0 Å². The average molecular weight is 224 g/mol. The first kappa shape index (κ1) is 13.7. The molecule has 1 saturated heterocycles. The maximum atomic E-state index is 10.5. The molecular formula is C9H18ClNO3. The summed E-state index contributed by atoms with van der Waals surface area (Å²) in [5, 5.41) is 8.67. The summed E-state index contributed by atoms with van der Waals surface area (Å²) in [5.41, 5.74) is 0. The van der Waals surface area contributed by atoms with Gasteiger partial charge in [-0.25, -0.2) is 0 Å². The molecule has 1 rings (SSSR count). The second-order valence-electron chi connectivity index (χ2n) is 3.48. The molecule has 0 aromatic carbocycles. The van der Waals surface area contributed by atoms with Crippen LogP contribution in [0.1, 0.15) is 13.3 Å². The van der Waals surface area contributed by atoms with Gasteiger partial charge < -0.3 is 9.84 Å². The monoisotopic (exact) mass is 223 g/mol. The summed E-state index contributed by atoms with van der Waals surface area (Å²) in [4.78, 5) is 12.8. The van der Waals surface area contributed by atoms with Crippen molar-refractivity contribution >= 4 is 18.4 Å². The molecule has 1 heterocycles. The first-order chi connectivity index (χ1) is 6.20. The molecule has 1 unspecified atom stereocenters. The number of ether oxygens (including phenoxy) is 1. The molecular weight excluding hydrogens is 206 g/mol. The lowest BCUT2D eigenvalue weighted by Crippen LogP contribution is -2.37. The predicted octanol–water partition coefficient (Wildman–Crippen LogP) is 0.851. The molecule has 4 nitrogen and oxygen atoms in total. The van der Waals surface area contributed by atoms with Gasteiger partial charge in [0.2, 0.25) is 0 Å². The number of nitrogens with zero attached hydrogens (tertiary/aromatic N) is 1. The lowest BCUT2D eigenvalue weighted by atomic mass is 10.1. The van der Waals surface area contributed by atoms with E-state index >= 15 is 0 Å². The molecule has 0 aromatic rings. The Morgan fingerprint density at radius 1 is 1.50 bits per heavy atom. The fraction of sp³-hybridized carbons (Fsp3) is 0.889. The molecule has 0 spiro atoms. The molecule has 0 aromatic heterocycles. The molecule has 1 fully saturated rings. The summed E-state index contributed by atoms with van der Waals surface area (Å²) in [7, 11) is 0. The summed E-state index contributed by atoms with van der Waals surface area (Å²) in [6, 6.07) is 0. The van der Waals surface area contributed by atoms with Crippen LogP contribution in [0.25, 0.3) is 0 Å². The van der Waals surface area contributed by atoms with E-state index in [1.165, 1.54) is 0 Å². The van der Waals surface area contributed by atoms with Crippen molar-refractivity contribution < 1.29 is 14.6 Å². The third kappa shape index (κ3) is 4.79. The van der Waals surface area contributed by atoms with Gasteiger partial charge >= 0.3 is 5.97 Å². The van der Waals surface area contributed by atoms with Crippen LogP contribution in [0, 0.1) is 5.92 Å². The van der Waals surface area contributed by atoms with Crippen LogP contribution in [0.3, 0.4) is 0 Å². The second kappa shape index (κ2) is 7.04. The quantitative estimate of drug-likeness (QED) is 0.768. The van der Waals surface area contributed by atoms with E-state index in [4.69, 9.17) is 9.84 Å². The minimum atomic E-state index is -0.701. The van der Waals surface area contributed by atoms with Crippen LogP contribution < -0.4 is 0 Å². The number of halogens is 1. The normalized spacial score (nSPS) is 19.8. The standard InChI is InChI=1S/C9H17NO3.ClH/c1-8(9(11)12)2-3-10-4-6-13-7-5-10;/h8H,2-7H2,1H3,(H,11,12);1H. The molecule has 0 saturated carbocycles. The second-order valence-corrected chi connectivity index (χ2v) is 3.48. The number of hydrogen-bond donors (Lipinski definition) is 1. The number of carboxylic acids is 1. The van der Waals surface area contributed by atoms with Crippen molar-refractivity contribution in [2.45, 2.75) is 13.3 Å². The number of carboxylic acid groups (broad SMARTS) is 1. The van der Waals surface area contributed by atoms with Crippen LogP contribution in [0.5, 0.6) is 0 Å². The topological polar surface area (TPSA) is 49.8 Å². The molecule has 1 aliphatic rings. The van der Waals surface area contributed by atoms with Crippen molar-refractivity contribution in [2.75, 3.05) is 32.8 Å². The van der Waals surface area contributed by atoms with Crippen LogP contribution in [-0.2, 0) is 9.53 Å². The van der Waals surface area contributed by atoms with E-state index in [0.29, 0.717) is 0 Å². The Kier molecular flexibility index (Phi) is 6.87.